The molecular weight excluding hydrogens is 345 g/mol. The molecule has 0 aliphatic rings. The zero-order valence-corrected chi connectivity index (χ0v) is 15.1. The average molecular weight is 368 g/mol. The summed E-state index contributed by atoms with van der Waals surface area (Å²) in [7, 11) is 0. The van der Waals surface area contributed by atoms with Crippen LogP contribution in [0.5, 0.6) is 0 Å². The van der Waals surface area contributed by atoms with Crippen molar-refractivity contribution in [3.8, 4) is 0 Å². The zero-order chi connectivity index (χ0) is 19.2. The first kappa shape index (κ1) is 19.8. The fourth-order valence-electron chi connectivity index (χ4n) is 2.48. The second-order valence-corrected chi connectivity index (χ2v) is 5.87. The highest BCUT2D eigenvalue weighted by atomic mass is 19.4. The molecule has 0 spiro atoms. The molecule has 1 heterocycles. The van der Waals surface area contributed by atoms with Crippen molar-refractivity contribution in [2.24, 2.45) is 4.99 Å². The van der Waals surface area contributed by atoms with E-state index >= 15 is 0 Å². The molecular formula is C18H23F3N4O. The van der Waals surface area contributed by atoms with Crippen molar-refractivity contribution in [3.63, 3.8) is 0 Å². The monoisotopic (exact) mass is 368 g/mol. The summed E-state index contributed by atoms with van der Waals surface area (Å²) in [5.41, 5.74) is 1.99. The molecule has 0 fully saturated rings. The smallest absolute Gasteiger partial charge is 0.361 e. The van der Waals surface area contributed by atoms with Gasteiger partial charge in [0.25, 0.3) is 0 Å². The third-order valence-corrected chi connectivity index (χ3v) is 3.89. The van der Waals surface area contributed by atoms with Gasteiger partial charge >= 0.3 is 6.18 Å². The summed E-state index contributed by atoms with van der Waals surface area (Å²) in [6.45, 7) is 7.34. The Morgan fingerprint density at radius 2 is 1.85 bits per heavy atom. The van der Waals surface area contributed by atoms with E-state index in [0.29, 0.717) is 31.2 Å². The minimum Gasteiger partial charge on any atom is -0.361 e. The molecule has 8 heteroatoms. The lowest BCUT2D eigenvalue weighted by Gasteiger charge is -2.11. The van der Waals surface area contributed by atoms with Gasteiger partial charge in [-0.05, 0) is 44.9 Å². The second-order valence-electron chi connectivity index (χ2n) is 5.87. The highest BCUT2D eigenvalue weighted by molar-refractivity contribution is 5.79. The van der Waals surface area contributed by atoms with Crippen LogP contribution >= 0.6 is 0 Å². The molecule has 2 aromatic rings. The van der Waals surface area contributed by atoms with E-state index in [-0.39, 0.29) is 0 Å². The lowest BCUT2D eigenvalue weighted by Crippen LogP contribution is -2.38. The van der Waals surface area contributed by atoms with E-state index in [1.54, 1.807) is 0 Å². The second kappa shape index (κ2) is 8.73. The molecule has 1 aromatic heterocycles. The molecule has 0 unspecified atom stereocenters. The van der Waals surface area contributed by atoms with E-state index in [9.17, 15) is 13.2 Å². The molecule has 1 aromatic carbocycles. The van der Waals surface area contributed by atoms with Crippen LogP contribution in [0.15, 0.2) is 33.8 Å². The Morgan fingerprint density at radius 1 is 1.15 bits per heavy atom. The van der Waals surface area contributed by atoms with Gasteiger partial charge in [0.15, 0.2) is 5.96 Å². The number of guanidine groups is 1. The van der Waals surface area contributed by atoms with Gasteiger partial charge in [0.1, 0.15) is 5.76 Å². The van der Waals surface area contributed by atoms with E-state index in [1.807, 2.05) is 20.8 Å². The van der Waals surface area contributed by atoms with Crippen LogP contribution in [0, 0.1) is 13.8 Å². The van der Waals surface area contributed by atoms with Crippen molar-refractivity contribution in [2.75, 3.05) is 13.1 Å². The van der Waals surface area contributed by atoms with E-state index in [0.717, 1.165) is 35.6 Å². The van der Waals surface area contributed by atoms with Crippen LogP contribution in [0.3, 0.4) is 0 Å². The largest absolute Gasteiger partial charge is 0.416 e. The average Bonchev–Trinajstić information content (AvgIpc) is 2.91. The van der Waals surface area contributed by atoms with Crippen molar-refractivity contribution in [2.45, 2.75) is 39.9 Å². The van der Waals surface area contributed by atoms with Gasteiger partial charge in [-0.2, -0.15) is 13.2 Å². The number of rotatable bonds is 6. The highest BCUT2D eigenvalue weighted by Gasteiger charge is 2.29. The molecule has 2 rings (SSSR count). The third-order valence-electron chi connectivity index (χ3n) is 3.89. The number of aryl methyl sites for hydroxylation is 2. The van der Waals surface area contributed by atoms with Crippen molar-refractivity contribution < 1.29 is 17.7 Å². The molecule has 26 heavy (non-hydrogen) atoms. The molecule has 0 aliphatic heterocycles. The van der Waals surface area contributed by atoms with Crippen LogP contribution in [0.4, 0.5) is 13.2 Å². The Labute approximate surface area is 150 Å². The van der Waals surface area contributed by atoms with Gasteiger partial charge in [-0.3, -0.25) is 0 Å². The molecule has 0 saturated carbocycles. The van der Waals surface area contributed by atoms with Crippen molar-refractivity contribution >= 4 is 5.96 Å². The molecule has 0 aliphatic carbocycles. The van der Waals surface area contributed by atoms with Gasteiger partial charge in [0.05, 0.1) is 17.8 Å². The fourth-order valence-corrected chi connectivity index (χ4v) is 2.48. The summed E-state index contributed by atoms with van der Waals surface area (Å²) in [5, 5.41) is 10.2. The van der Waals surface area contributed by atoms with Crippen molar-refractivity contribution in [3.05, 3.63) is 52.4 Å². The van der Waals surface area contributed by atoms with E-state index in [2.05, 4.69) is 20.8 Å². The number of aliphatic imine (C=N–C) groups is 1. The standard InChI is InChI=1S/C18H23F3N4O/c1-4-22-17(23-10-9-16-12(2)25-26-13(16)3)24-11-14-5-7-15(8-6-14)18(19,20)21/h5-8H,4,9-11H2,1-3H3,(H2,22,23,24). The van der Waals surface area contributed by atoms with Gasteiger partial charge in [-0.1, -0.05) is 17.3 Å². The number of hydrogen-bond donors (Lipinski definition) is 2. The minimum atomic E-state index is -4.32. The Morgan fingerprint density at radius 3 is 2.38 bits per heavy atom. The predicted octanol–water partition coefficient (Wildman–Crippen LogP) is 3.61. The fraction of sp³-hybridized carbons (Fsp3) is 0.444. The van der Waals surface area contributed by atoms with Crippen LogP contribution in [0.2, 0.25) is 0 Å². The molecule has 0 saturated heterocycles. The summed E-state index contributed by atoms with van der Waals surface area (Å²) < 4.78 is 42.9. The zero-order valence-electron chi connectivity index (χ0n) is 15.1. The molecule has 2 N–H and O–H groups in total. The highest BCUT2D eigenvalue weighted by Crippen LogP contribution is 2.29. The molecule has 0 amide bonds. The first-order valence-electron chi connectivity index (χ1n) is 8.41. The first-order valence-corrected chi connectivity index (χ1v) is 8.41. The summed E-state index contributed by atoms with van der Waals surface area (Å²) in [6.07, 6.45) is -3.58. The predicted molar refractivity (Wildman–Crippen MR) is 93.9 cm³/mol. The maximum Gasteiger partial charge on any atom is 0.416 e. The van der Waals surface area contributed by atoms with Crippen LogP contribution in [-0.4, -0.2) is 24.2 Å². The van der Waals surface area contributed by atoms with Crippen LogP contribution in [0.1, 0.15) is 35.1 Å². The lowest BCUT2D eigenvalue weighted by molar-refractivity contribution is -0.137. The normalized spacial score (nSPS) is 12.3. The summed E-state index contributed by atoms with van der Waals surface area (Å²) in [6, 6.07) is 5.03. The molecule has 5 nitrogen and oxygen atoms in total. The number of halogens is 3. The molecule has 0 radical (unpaired) electrons. The van der Waals surface area contributed by atoms with E-state index in [1.165, 1.54) is 12.1 Å². The number of aromatic nitrogens is 1. The van der Waals surface area contributed by atoms with Gasteiger partial charge in [0.2, 0.25) is 0 Å². The summed E-state index contributed by atoms with van der Waals surface area (Å²) >= 11 is 0. The third kappa shape index (κ3) is 5.50. The van der Waals surface area contributed by atoms with Crippen molar-refractivity contribution in [1.82, 2.24) is 15.8 Å². The minimum absolute atomic E-state index is 0.290. The summed E-state index contributed by atoms with van der Waals surface area (Å²) in [5.74, 6) is 1.41. The first-order chi connectivity index (χ1) is 12.3. The van der Waals surface area contributed by atoms with Gasteiger partial charge in [-0.25, -0.2) is 4.99 Å². The van der Waals surface area contributed by atoms with E-state index < -0.39 is 11.7 Å². The van der Waals surface area contributed by atoms with Gasteiger partial charge < -0.3 is 15.2 Å². The van der Waals surface area contributed by atoms with Crippen LogP contribution < -0.4 is 10.6 Å². The maximum atomic E-state index is 12.6. The van der Waals surface area contributed by atoms with E-state index in [4.69, 9.17) is 4.52 Å². The van der Waals surface area contributed by atoms with Crippen LogP contribution in [-0.2, 0) is 19.1 Å². The molecule has 142 valence electrons. The Hall–Kier alpha value is -2.51. The topological polar surface area (TPSA) is 62.5 Å². The number of hydrogen-bond acceptors (Lipinski definition) is 3. The summed E-state index contributed by atoms with van der Waals surface area (Å²) in [4.78, 5) is 4.41. The SMILES string of the molecule is CCNC(=NCc1ccc(C(F)(F)F)cc1)NCCc1c(C)noc1C. The number of nitrogens with zero attached hydrogens (tertiary/aromatic N) is 2. The maximum absolute atomic E-state index is 12.6. The number of benzene rings is 1. The Balaban J connectivity index is 1.93. The van der Waals surface area contributed by atoms with Crippen molar-refractivity contribution in [1.29, 1.82) is 0 Å². The van der Waals surface area contributed by atoms with Gasteiger partial charge in [0, 0.05) is 18.7 Å². The van der Waals surface area contributed by atoms with Crippen LogP contribution in [0.25, 0.3) is 0 Å². The molecule has 0 atom stereocenters. The van der Waals surface area contributed by atoms with Gasteiger partial charge in [-0.15, -0.1) is 0 Å². The number of nitrogens with one attached hydrogen (secondary N) is 2. The number of alkyl halides is 3. The Bertz CT molecular complexity index is 716. The molecule has 0 bridgehead atoms. The quantitative estimate of drug-likeness (QED) is 0.604. The Kier molecular flexibility index (Phi) is 6.65. The lowest BCUT2D eigenvalue weighted by atomic mass is 10.1.